The molecule has 0 aliphatic heterocycles. The minimum Gasteiger partial charge on any atom is -0.496 e. The lowest BCUT2D eigenvalue weighted by molar-refractivity contribution is 0.0519. The number of benzene rings is 1. The van der Waals surface area contributed by atoms with Crippen molar-refractivity contribution >= 4 is 11.6 Å². The number of rotatable bonds is 4. The molecule has 2 aromatic heterocycles. The number of carbonyl (C=O) groups excluding carboxylic acids is 1. The van der Waals surface area contributed by atoms with Crippen molar-refractivity contribution in [1.29, 1.82) is 0 Å². The maximum atomic E-state index is 12.4. The molecule has 0 aliphatic carbocycles. The zero-order valence-electron chi connectivity index (χ0n) is 12.4. The monoisotopic (exact) mass is 296 g/mol. The van der Waals surface area contributed by atoms with Crippen LogP contribution in [-0.2, 0) is 4.74 Å². The highest BCUT2D eigenvalue weighted by atomic mass is 16.5. The summed E-state index contributed by atoms with van der Waals surface area (Å²) in [6.45, 7) is 2.09. The Kier molecular flexibility index (Phi) is 3.78. The summed E-state index contributed by atoms with van der Waals surface area (Å²) in [6.07, 6.45) is 1.80. The Balaban J connectivity index is 2.29. The molecule has 1 aromatic carbocycles. The Morgan fingerprint density at radius 1 is 1.18 bits per heavy atom. The average molecular weight is 296 g/mol. The maximum Gasteiger partial charge on any atom is 0.357 e. The highest BCUT2D eigenvalue weighted by molar-refractivity contribution is 5.96. The Hall–Kier alpha value is -2.82. The van der Waals surface area contributed by atoms with Gasteiger partial charge >= 0.3 is 5.97 Å². The molecule has 0 N–H and O–H groups in total. The van der Waals surface area contributed by atoms with E-state index in [1.807, 2.05) is 42.5 Å². The zero-order chi connectivity index (χ0) is 15.5. The molecule has 5 nitrogen and oxygen atoms in total. The van der Waals surface area contributed by atoms with E-state index in [1.165, 1.54) is 0 Å². The van der Waals surface area contributed by atoms with Crippen LogP contribution in [0.5, 0.6) is 5.75 Å². The van der Waals surface area contributed by atoms with Gasteiger partial charge in [-0.3, -0.25) is 4.40 Å². The fourth-order valence-electron chi connectivity index (χ4n) is 2.42. The molecule has 0 radical (unpaired) electrons. The second-order valence-electron chi connectivity index (χ2n) is 4.66. The van der Waals surface area contributed by atoms with E-state index in [-0.39, 0.29) is 0 Å². The van der Waals surface area contributed by atoms with Crippen molar-refractivity contribution < 1.29 is 14.3 Å². The summed E-state index contributed by atoms with van der Waals surface area (Å²) in [6, 6.07) is 13.1. The van der Waals surface area contributed by atoms with Crippen molar-refractivity contribution in [1.82, 2.24) is 9.38 Å². The molecule has 2 heterocycles. The summed E-state index contributed by atoms with van der Waals surface area (Å²) < 4.78 is 12.3. The van der Waals surface area contributed by atoms with Gasteiger partial charge < -0.3 is 9.47 Å². The molecule has 3 rings (SSSR count). The quantitative estimate of drug-likeness (QED) is 0.694. The molecule has 0 fully saturated rings. The summed E-state index contributed by atoms with van der Waals surface area (Å²) >= 11 is 0. The SMILES string of the molecule is CCOC(=O)c1c(-c2ccccc2OC)nc2ccccn12. The smallest absolute Gasteiger partial charge is 0.357 e. The van der Waals surface area contributed by atoms with Crippen molar-refractivity contribution in [2.45, 2.75) is 6.92 Å². The lowest BCUT2D eigenvalue weighted by atomic mass is 10.1. The van der Waals surface area contributed by atoms with Crippen LogP contribution in [0.15, 0.2) is 48.7 Å². The molecule has 0 saturated heterocycles. The molecule has 5 heteroatoms. The van der Waals surface area contributed by atoms with Gasteiger partial charge in [-0.2, -0.15) is 0 Å². The van der Waals surface area contributed by atoms with E-state index in [4.69, 9.17) is 9.47 Å². The minimum atomic E-state index is -0.401. The van der Waals surface area contributed by atoms with Crippen LogP contribution in [0.3, 0.4) is 0 Å². The Morgan fingerprint density at radius 3 is 2.73 bits per heavy atom. The number of esters is 1. The Morgan fingerprint density at radius 2 is 1.95 bits per heavy atom. The van der Waals surface area contributed by atoms with Crippen molar-refractivity contribution in [2.24, 2.45) is 0 Å². The second-order valence-corrected chi connectivity index (χ2v) is 4.66. The summed E-state index contributed by atoms with van der Waals surface area (Å²) in [5.41, 5.74) is 2.41. The molecule has 22 heavy (non-hydrogen) atoms. The number of aromatic nitrogens is 2. The third-order valence-electron chi connectivity index (χ3n) is 3.36. The molecule has 3 aromatic rings. The topological polar surface area (TPSA) is 52.8 Å². The molecule has 0 spiro atoms. The third-order valence-corrected chi connectivity index (χ3v) is 3.36. The van der Waals surface area contributed by atoms with E-state index in [2.05, 4.69) is 4.98 Å². The van der Waals surface area contributed by atoms with Gasteiger partial charge in [0, 0.05) is 11.8 Å². The van der Waals surface area contributed by atoms with Crippen molar-refractivity contribution in [3.8, 4) is 17.0 Å². The third kappa shape index (κ3) is 2.30. The van der Waals surface area contributed by atoms with Gasteiger partial charge in [0.2, 0.25) is 0 Å². The molecule has 0 aliphatic rings. The van der Waals surface area contributed by atoms with Gasteiger partial charge in [-0.25, -0.2) is 9.78 Å². The predicted molar refractivity (Wildman–Crippen MR) is 83.1 cm³/mol. The lowest BCUT2D eigenvalue weighted by Crippen LogP contribution is -2.09. The number of ether oxygens (including phenoxy) is 2. The Bertz CT molecular complexity index is 824. The van der Waals surface area contributed by atoms with Crippen molar-refractivity contribution in [3.63, 3.8) is 0 Å². The molecular weight excluding hydrogens is 280 g/mol. The average Bonchev–Trinajstić information content (AvgIpc) is 2.94. The van der Waals surface area contributed by atoms with Crippen LogP contribution in [-0.4, -0.2) is 29.1 Å². The largest absolute Gasteiger partial charge is 0.496 e. The van der Waals surface area contributed by atoms with Gasteiger partial charge in [0.15, 0.2) is 5.69 Å². The van der Waals surface area contributed by atoms with Crippen LogP contribution >= 0.6 is 0 Å². The first-order valence-corrected chi connectivity index (χ1v) is 7.04. The first kappa shape index (κ1) is 14.1. The second kappa shape index (κ2) is 5.89. The van der Waals surface area contributed by atoms with Crippen LogP contribution < -0.4 is 4.74 Å². The summed E-state index contributed by atoms with van der Waals surface area (Å²) in [7, 11) is 1.60. The molecular formula is C17H16N2O3. The molecule has 0 saturated carbocycles. The van der Waals surface area contributed by atoms with Crippen LogP contribution in [0.25, 0.3) is 16.9 Å². The molecule has 0 unspecified atom stereocenters. The summed E-state index contributed by atoms with van der Waals surface area (Å²) in [4.78, 5) is 17.0. The molecule has 0 atom stereocenters. The number of para-hydroxylation sites is 1. The number of nitrogens with zero attached hydrogens (tertiary/aromatic N) is 2. The maximum absolute atomic E-state index is 12.4. The number of hydrogen-bond acceptors (Lipinski definition) is 4. The number of fused-ring (bicyclic) bond motifs is 1. The Labute approximate surface area is 128 Å². The van der Waals surface area contributed by atoms with Gasteiger partial charge in [-0.15, -0.1) is 0 Å². The van der Waals surface area contributed by atoms with Crippen LogP contribution in [0.4, 0.5) is 0 Å². The van der Waals surface area contributed by atoms with E-state index < -0.39 is 5.97 Å². The highest BCUT2D eigenvalue weighted by Crippen LogP contribution is 2.32. The van der Waals surface area contributed by atoms with E-state index in [1.54, 1.807) is 24.6 Å². The first-order chi connectivity index (χ1) is 10.8. The van der Waals surface area contributed by atoms with E-state index in [0.29, 0.717) is 29.4 Å². The van der Waals surface area contributed by atoms with Gasteiger partial charge in [-0.05, 0) is 31.2 Å². The van der Waals surface area contributed by atoms with Gasteiger partial charge in [0.25, 0.3) is 0 Å². The van der Waals surface area contributed by atoms with Gasteiger partial charge in [0.1, 0.15) is 17.1 Å². The number of imidazole rings is 1. The van der Waals surface area contributed by atoms with E-state index in [0.717, 1.165) is 5.56 Å². The van der Waals surface area contributed by atoms with Crippen LogP contribution in [0.1, 0.15) is 17.4 Å². The standard InChI is InChI=1S/C17H16N2O3/c1-3-22-17(20)16-15(12-8-4-5-9-13(12)21-2)18-14-10-6-7-11-19(14)16/h4-11H,3H2,1-2H3. The lowest BCUT2D eigenvalue weighted by Gasteiger charge is -2.08. The fourth-order valence-corrected chi connectivity index (χ4v) is 2.42. The zero-order valence-corrected chi connectivity index (χ0v) is 12.4. The number of pyridine rings is 1. The van der Waals surface area contributed by atoms with Gasteiger partial charge in [0.05, 0.1) is 13.7 Å². The number of methoxy groups -OCH3 is 1. The molecule has 112 valence electrons. The summed E-state index contributed by atoms with van der Waals surface area (Å²) in [5.74, 6) is 0.263. The predicted octanol–water partition coefficient (Wildman–Crippen LogP) is 3.19. The van der Waals surface area contributed by atoms with Crippen LogP contribution in [0, 0.1) is 0 Å². The fraction of sp³-hybridized carbons (Fsp3) is 0.176. The number of hydrogen-bond donors (Lipinski definition) is 0. The minimum absolute atomic E-state index is 0.310. The first-order valence-electron chi connectivity index (χ1n) is 7.04. The highest BCUT2D eigenvalue weighted by Gasteiger charge is 2.23. The van der Waals surface area contributed by atoms with Crippen molar-refractivity contribution in [2.75, 3.05) is 13.7 Å². The number of carbonyl (C=O) groups is 1. The van der Waals surface area contributed by atoms with Crippen LogP contribution in [0.2, 0.25) is 0 Å². The van der Waals surface area contributed by atoms with E-state index in [9.17, 15) is 4.79 Å². The molecule has 0 amide bonds. The normalized spacial score (nSPS) is 10.6. The van der Waals surface area contributed by atoms with Crippen molar-refractivity contribution in [3.05, 3.63) is 54.4 Å². The van der Waals surface area contributed by atoms with Gasteiger partial charge in [-0.1, -0.05) is 18.2 Å². The summed E-state index contributed by atoms with van der Waals surface area (Å²) in [5, 5.41) is 0. The molecule has 0 bridgehead atoms. The van der Waals surface area contributed by atoms with E-state index >= 15 is 0 Å².